The van der Waals surface area contributed by atoms with Crippen LogP contribution in [0.5, 0.6) is 0 Å². The van der Waals surface area contributed by atoms with E-state index in [4.69, 9.17) is 9.47 Å². The van der Waals surface area contributed by atoms with Crippen LogP contribution in [0.1, 0.15) is 119 Å². The molecule has 0 saturated heterocycles. The van der Waals surface area contributed by atoms with Crippen LogP contribution in [0.25, 0.3) is 0 Å². The molecule has 2 atom stereocenters. The Morgan fingerprint density at radius 1 is 0.812 bits per heavy atom. The molecular formula is C28H50O4. The van der Waals surface area contributed by atoms with E-state index in [1.54, 1.807) is 0 Å². The molecular weight excluding hydrogens is 400 g/mol. The molecule has 0 aromatic rings. The van der Waals surface area contributed by atoms with Crippen LogP contribution in [0, 0.1) is 23.7 Å². The van der Waals surface area contributed by atoms with Crippen molar-refractivity contribution in [1.29, 1.82) is 0 Å². The van der Waals surface area contributed by atoms with Crippen LogP contribution >= 0.6 is 0 Å². The number of unbranched alkanes of at least 4 members (excludes halogenated alkanes) is 4. The molecule has 4 heteroatoms. The zero-order valence-electron chi connectivity index (χ0n) is 21.8. The monoisotopic (exact) mass is 450 g/mol. The Labute approximate surface area is 197 Å². The molecule has 0 aromatic heterocycles. The minimum Gasteiger partial charge on any atom is -0.465 e. The predicted molar refractivity (Wildman–Crippen MR) is 132 cm³/mol. The molecule has 1 aliphatic rings. The van der Waals surface area contributed by atoms with Gasteiger partial charge in [-0.15, -0.1) is 0 Å². The number of hydrogen-bond acceptors (Lipinski definition) is 4. The summed E-state index contributed by atoms with van der Waals surface area (Å²) in [7, 11) is 0. The summed E-state index contributed by atoms with van der Waals surface area (Å²) in [6.07, 6.45) is 12.1. The summed E-state index contributed by atoms with van der Waals surface area (Å²) in [6.45, 7) is 13.8. The normalized spacial score (nSPS) is 19.0. The van der Waals surface area contributed by atoms with Crippen LogP contribution in [-0.4, -0.2) is 25.2 Å². The van der Waals surface area contributed by atoms with Gasteiger partial charge in [-0.3, -0.25) is 9.59 Å². The van der Waals surface area contributed by atoms with Crippen LogP contribution in [0.15, 0.2) is 11.1 Å². The highest BCUT2D eigenvalue weighted by Gasteiger charge is 2.42. The minimum atomic E-state index is -0.462. The Balaban J connectivity index is 3.11. The molecule has 0 spiro atoms. The fraction of sp³-hybridized carbons (Fsp3) is 0.857. The molecule has 0 N–H and O–H groups in total. The van der Waals surface area contributed by atoms with E-state index in [0.29, 0.717) is 31.5 Å². The first-order valence-corrected chi connectivity index (χ1v) is 13.4. The van der Waals surface area contributed by atoms with Crippen molar-refractivity contribution in [2.75, 3.05) is 13.2 Å². The van der Waals surface area contributed by atoms with Crippen LogP contribution in [-0.2, 0) is 19.1 Å². The van der Waals surface area contributed by atoms with Crippen LogP contribution in [0.2, 0.25) is 0 Å². The molecule has 0 radical (unpaired) electrons. The maximum absolute atomic E-state index is 13.3. The lowest BCUT2D eigenvalue weighted by atomic mass is 9.72. The molecule has 0 bridgehead atoms. The number of esters is 2. The second kappa shape index (κ2) is 16.3. The SMILES string of the molecule is CCCCCC1=C(CCCCC)C(C(=O)OCCC(C)C)C(C(=O)OCCC(C)C)CC1. The van der Waals surface area contributed by atoms with E-state index in [-0.39, 0.29) is 11.9 Å². The van der Waals surface area contributed by atoms with Crippen molar-refractivity contribution in [3.63, 3.8) is 0 Å². The summed E-state index contributed by atoms with van der Waals surface area (Å²) < 4.78 is 11.4. The number of hydrogen-bond donors (Lipinski definition) is 0. The van der Waals surface area contributed by atoms with E-state index in [2.05, 4.69) is 41.5 Å². The van der Waals surface area contributed by atoms with E-state index >= 15 is 0 Å². The molecule has 0 aromatic carbocycles. The molecule has 0 fully saturated rings. The third kappa shape index (κ3) is 10.5. The number of ether oxygens (including phenoxy) is 2. The molecule has 1 rings (SSSR count). The lowest BCUT2D eigenvalue weighted by Crippen LogP contribution is -2.37. The fourth-order valence-corrected chi connectivity index (χ4v) is 4.44. The van der Waals surface area contributed by atoms with Gasteiger partial charge in [0.25, 0.3) is 0 Å². The maximum Gasteiger partial charge on any atom is 0.313 e. The Morgan fingerprint density at radius 3 is 1.88 bits per heavy atom. The van der Waals surface area contributed by atoms with E-state index in [1.807, 2.05) is 0 Å². The molecule has 0 amide bonds. The summed E-state index contributed by atoms with van der Waals surface area (Å²) in [5.74, 6) is -0.320. The van der Waals surface area contributed by atoms with Crippen molar-refractivity contribution >= 4 is 11.9 Å². The molecule has 186 valence electrons. The van der Waals surface area contributed by atoms with Crippen LogP contribution in [0.4, 0.5) is 0 Å². The second-order valence-electron chi connectivity index (χ2n) is 10.4. The first-order chi connectivity index (χ1) is 15.3. The number of allylic oxidation sites excluding steroid dienone is 1. The maximum atomic E-state index is 13.3. The van der Waals surface area contributed by atoms with Gasteiger partial charge in [-0.2, -0.15) is 0 Å². The first-order valence-electron chi connectivity index (χ1n) is 13.4. The van der Waals surface area contributed by atoms with Crippen LogP contribution in [0.3, 0.4) is 0 Å². The van der Waals surface area contributed by atoms with Gasteiger partial charge in [-0.25, -0.2) is 0 Å². The van der Waals surface area contributed by atoms with Gasteiger partial charge in [0.2, 0.25) is 0 Å². The molecule has 0 saturated carbocycles. The molecule has 1 aliphatic carbocycles. The lowest BCUT2D eigenvalue weighted by molar-refractivity contribution is -0.160. The van der Waals surface area contributed by atoms with E-state index < -0.39 is 11.8 Å². The second-order valence-corrected chi connectivity index (χ2v) is 10.4. The Bertz CT molecular complexity index is 576. The smallest absolute Gasteiger partial charge is 0.313 e. The Morgan fingerprint density at radius 2 is 1.34 bits per heavy atom. The largest absolute Gasteiger partial charge is 0.465 e. The highest BCUT2D eigenvalue weighted by atomic mass is 16.5. The quantitative estimate of drug-likeness (QED) is 0.138. The van der Waals surface area contributed by atoms with Gasteiger partial charge in [0.05, 0.1) is 25.0 Å². The van der Waals surface area contributed by atoms with Gasteiger partial charge in [-0.05, 0) is 63.2 Å². The summed E-state index contributed by atoms with van der Waals surface area (Å²) >= 11 is 0. The standard InChI is InChI=1S/C28H50O4/c1-7-9-11-13-23-15-16-25(27(29)31-19-17-21(3)4)26(24(23)14-12-10-8-2)28(30)32-20-18-22(5)6/h21-22,25-26H,7-20H2,1-6H3. The van der Waals surface area contributed by atoms with Crippen molar-refractivity contribution in [2.24, 2.45) is 23.7 Å². The molecule has 4 nitrogen and oxygen atoms in total. The van der Waals surface area contributed by atoms with Crippen molar-refractivity contribution < 1.29 is 19.1 Å². The summed E-state index contributed by atoms with van der Waals surface area (Å²) in [6, 6.07) is 0. The number of carbonyl (C=O) groups is 2. The van der Waals surface area contributed by atoms with Gasteiger partial charge >= 0.3 is 11.9 Å². The van der Waals surface area contributed by atoms with Gasteiger partial charge in [-0.1, -0.05) is 78.4 Å². The topological polar surface area (TPSA) is 52.6 Å². The number of carbonyl (C=O) groups excluding carboxylic acids is 2. The number of rotatable bonds is 16. The summed E-state index contributed by atoms with van der Waals surface area (Å²) in [5.41, 5.74) is 2.60. The Hall–Kier alpha value is -1.32. The average Bonchev–Trinajstić information content (AvgIpc) is 2.73. The van der Waals surface area contributed by atoms with Crippen molar-refractivity contribution in [3.8, 4) is 0 Å². The molecule has 0 aliphatic heterocycles. The van der Waals surface area contributed by atoms with E-state index in [1.165, 1.54) is 24.0 Å². The third-order valence-electron chi connectivity index (χ3n) is 6.56. The minimum absolute atomic E-state index is 0.211. The predicted octanol–water partition coefficient (Wildman–Crippen LogP) is 7.65. The van der Waals surface area contributed by atoms with Crippen molar-refractivity contribution in [3.05, 3.63) is 11.1 Å². The Kier molecular flexibility index (Phi) is 14.6. The molecule has 32 heavy (non-hydrogen) atoms. The van der Waals surface area contributed by atoms with Gasteiger partial charge in [0.15, 0.2) is 0 Å². The third-order valence-corrected chi connectivity index (χ3v) is 6.56. The average molecular weight is 451 g/mol. The zero-order valence-corrected chi connectivity index (χ0v) is 21.8. The van der Waals surface area contributed by atoms with Crippen LogP contribution < -0.4 is 0 Å². The highest BCUT2D eigenvalue weighted by Crippen LogP contribution is 2.41. The zero-order chi connectivity index (χ0) is 23.9. The van der Waals surface area contributed by atoms with E-state index in [0.717, 1.165) is 57.8 Å². The van der Waals surface area contributed by atoms with Gasteiger partial charge in [0.1, 0.15) is 0 Å². The molecule has 2 unspecified atom stereocenters. The fourth-order valence-electron chi connectivity index (χ4n) is 4.44. The first kappa shape index (κ1) is 28.7. The van der Waals surface area contributed by atoms with E-state index in [9.17, 15) is 9.59 Å². The molecule has 0 heterocycles. The highest BCUT2D eigenvalue weighted by molar-refractivity contribution is 5.85. The summed E-state index contributed by atoms with van der Waals surface area (Å²) in [4.78, 5) is 26.4. The van der Waals surface area contributed by atoms with Gasteiger partial charge < -0.3 is 9.47 Å². The summed E-state index contributed by atoms with van der Waals surface area (Å²) in [5, 5.41) is 0. The van der Waals surface area contributed by atoms with Crippen molar-refractivity contribution in [1.82, 2.24) is 0 Å². The van der Waals surface area contributed by atoms with Gasteiger partial charge in [0, 0.05) is 0 Å². The van der Waals surface area contributed by atoms with Crippen molar-refractivity contribution in [2.45, 2.75) is 119 Å². The lowest BCUT2D eigenvalue weighted by Gasteiger charge is -2.33.